The number of unbranched alkanes of at least 4 members (excludes halogenated alkanes) is 1. The molecule has 4 rings (SSSR count). The van der Waals surface area contributed by atoms with Crippen LogP contribution in [0.4, 0.5) is 5.13 Å². The molecule has 2 aromatic carbocycles. The number of amides is 3. The van der Waals surface area contributed by atoms with Gasteiger partial charge in [-0.25, -0.2) is 4.98 Å². The van der Waals surface area contributed by atoms with E-state index in [9.17, 15) is 14.4 Å². The number of fused-ring (bicyclic) bond motifs is 1. The lowest BCUT2D eigenvalue weighted by Gasteiger charge is -2.13. The average Bonchev–Trinajstić information content (AvgIpc) is 3.28. The number of carbonyl (C=O) groups excluding carboxylic acids is 3. The van der Waals surface area contributed by atoms with E-state index in [1.54, 1.807) is 42.5 Å². The number of benzene rings is 2. The van der Waals surface area contributed by atoms with Crippen molar-refractivity contribution in [2.24, 2.45) is 0 Å². The lowest BCUT2D eigenvalue weighted by Crippen LogP contribution is -2.30. The molecular formula is C24H20N4O3S. The molecule has 0 aliphatic carbocycles. The van der Waals surface area contributed by atoms with E-state index in [-0.39, 0.29) is 17.7 Å². The number of nitrogens with zero attached hydrogens (tertiary/aromatic N) is 3. The van der Waals surface area contributed by atoms with Gasteiger partial charge in [0, 0.05) is 17.0 Å². The van der Waals surface area contributed by atoms with Gasteiger partial charge >= 0.3 is 0 Å². The number of anilines is 1. The van der Waals surface area contributed by atoms with Gasteiger partial charge in [0.25, 0.3) is 17.7 Å². The lowest BCUT2D eigenvalue weighted by molar-refractivity contribution is 0.0651. The topological polar surface area (TPSA) is 103 Å². The minimum Gasteiger partial charge on any atom is -0.298 e. The van der Waals surface area contributed by atoms with Crippen LogP contribution in [0.15, 0.2) is 48.5 Å². The number of aryl methyl sites for hydroxylation is 2. The SMILES string of the molecule is Cc1nc(NC(=O)c2cccc(C#N)c2)sc1CCCCN1C(=O)c2ccccc2C1=O. The van der Waals surface area contributed by atoms with Gasteiger partial charge in [-0.1, -0.05) is 18.2 Å². The normalized spacial score (nSPS) is 12.6. The highest BCUT2D eigenvalue weighted by molar-refractivity contribution is 7.15. The molecule has 0 radical (unpaired) electrons. The molecule has 8 heteroatoms. The third-order valence-electron chi connectivity index (χ3n) is 5.28. The first-order chi connectivity index (χ1) is 15.5. The molecule has 3 aromatic rings. The molecule has 1 N–H and O–H groups in total. The number of thiazole rings is 1. The highest BCUT2D eigenvalue weighted by Crippen LogP contribution is 2.26. The maximum atomic E-state index is 12.4. The van der Waals surface area contributed by atoms with Gasteiger partial charge < -0.3 is 0 Å². The summed E-state index contributed by atoms with van der Waals surface area (Å²) in [7, 11) is 0. The second kappa shape index (κ2) is 9.12. The van der Waals surface area contributed by atoms with Gasteiger partial charge in [-0.3, -0.25) is 24.6 Å². The van der Waals surface area contributed by atoms with E-state index in [1.165, 1.54) is 22.3 Å². The number of hydrogen-bond acceptors (Lipinski definition) is 6. The highest BCUT2D eigenvalue weighted by Gasteiger charge is 2.34. The fourth-order valence-corrected chi connectivity index (χ4v) is 4.61. The van der Waals surface area contributed by atoms with Crippen molar-refractivity contribution in [2.75, 3.05) is 11.9 Å². The Hall–Kier alpha value is -3.83. The molecule has 0 spiro atoms. The Morgan fingerprint density at radius 3 is 2.50 bits per heavy atom. The summed E-state index contributed by atoms with van der Waals surface area (Å²) >= 11 is 1.41. The summed E-state index contributed by atoms with van der Waals surface area (Å²) in [6.07, 6.45) is 2.21. The summed E-state index contributed by atoms with van der Waals surface area (Å²) in [5, 5.41) is 12.3. The van der Waals surface area contributed by atoms with Gasteiger partial charge in [-0.2, -0.15) is 5.26 Å². The predicted octanol–water partition coefficient (Wildman–Crippen LogP) is 4.19. The van der Waals surface area contributed by atoms with Crippen molar-refractivity contribution in [3.8, 4) is 6.07 Å². The maximum absolute atomic E-state index is 12.4. The van der Waals surface area contributed by atoms with E-state index < -0.39 is 0 Å². The predicted molar refractivity (Wildman–Crippen MR) is 121 cm³/mol. The first-order valence-electron chi connectivity index (χ1n) is 10.2. The van der Waals surface area contributed by atoms with E-state index >= 15 is 0 Å². The standard InChI is InChI=1S/C24H20N4O3S/c1-15-20(32-24(26-15)27-21(29)17-8-6-7-16(13-17)14-25)11-4-5-12-28-22(30)18-9-2-3-10-19(18)23(28)31/h2-3,6-10,13H,4-5,11-12H2,1H3,(H,26,27,29). The van der Waals surface area contributed by atoms with E-state index in [4.69, 9.17) is 5.26 Å². The van der Waals surface area contributed by atoms with Gasteiger partial charge in [0.15, 0.2) is 5.13 Å². The summed E-state index contributed by atoms with van der Waals surface area (Å²) < 4.78 is 0. The number of rotatable bonds is 7. The minimum absolute atomic E-state index is 0.231. The van der Waals surface area contributed by atoms with Crippen molar-refractivity contribution < 1.29 is 14.4 Å². The summed E-state index contributed by atoms with van der Waals surface area (Å²) in [6.45, 7) is 2.27. The van der Waals surface area contributed by atoms with Crippen molar-refractivity contribution in [1.29, 1.82) is 5.26 Å². The second-order valence-corrected chi connectivity index (χ2v) is 8.52. The zero-order valence-corrected chi connectivity index (χ0v) is 18.2. The fourth-order valence-electron chi connectivity index (χ4n) is 3.61. The molecule has 0 unspecified atom stereocenters. The first kappa shape index (κ1) is 21.4. The van der Waals surface area contributed by atoms with Crippen molar-refractivity contribution in [2.45, 2.75) is 26.2 Å². The van der Waals surface area contributed by atoms with Crippen molar-refractivity contribution >= 4 is 34.2 Å². The lowest BCUT2D eigenvalue weighted by atomic mass is 10.1. The number of carbonyl (C=O) groups is 3. The molecule has 7 nitrogen and oxygen atoms in total. The molecule has 0 fully saturated rings. The Balaban J connectivity index is 1.31. The number of aromatic nitrogens is 1. The largest absolute Gasteiger partial charge is 0.298 e. The molecule has 0 bridgehead atoms. The van der Waals surface area contributed by atoms with Crippen LogP contribution in [0.2, 0.25) is 0 Å². The Labute approximate surface area is 189 Å². The molecule has 0 saturated carbocycles. The minimum atomic E-state index is -0.312. The van der Waals surface area contributed by atoms with E-state index in [2.05, 4.69) is 10.3 Å². The summed E-state index contributed by atoms with van der Waals surface area (Å²) in [6, 6.07) is 15.4. The number of nitrogens with one attached hydrogen (secondary N) is 1. The van der Waals surface area contributed by atoms with Gasteiger partial charge in [-0.15, -0.1) is 11.3 Å². The first-order valence-corrected chi connectivity index (χ1v) is 11.0. The third-order valence-corrected chi connectivity index (χ3v) is 6.41. The molecule has 160 valence electrons. The van der Waals surface area contributed by atoms with Crippen molar-refractivity contribution in [3.05, 3.63) is 81.4 Å². The zero-order valence-electron chi connectivity index (χ0n) is 17.4. The molecule has 0 saturated heterocycles. The summed E-state index contributed by atoms with van der Waals surface area (Å²) in [5.74, 6) is -0.775. The van der Waals surface area contributed by atoms with Crippen LogP contribution in [0, 0.1) is 18.3 Å². The van der Waals surface area contributed by atoms with Crippen LogP contribution in [0.5, 0.6) is 0 Å². The maximum Gasteiger partial charge on any atom is 0.261 e. The molecule has 32 heavy (non-hydrogen) atoms. The second-order valence-electron chi connectivity index (χ2n) is 7.44. The van der Waals surface area contributed by atoms with Crippen molar-refractivity contribution in [3.63, 3.8) is 0 Å². The van der Waals surface area contributed by atoms with E-state index in [0.29, 0.717) is 40.4 Å². The zero-order chi connectivity index (χ0) is 22.7. The Bertz CT molecular complexity index is 1220. The molecular weight excluding hydrogens is 424 g/mol. The Morgan fingerprint density at radius 2 is 1.81 bits per heavy atom. The molecule has 1 aliphatic heterocycles. The van der Waals surface area contributed by atoms with Crippen LogP contribution in [0.1, 0.15) is 60.1 Å². The van der Waals surface area contributed by atoms with Gasteiger partial charge in [-0.05, 0) is 56.5 Å². The Kier molecular flexibility index (Phi) is 6.10. The molecule has 2 heterocycles. The van der Waals surface area contributed by atoms with E-state index in [0.717, 1.165) is 23.4 Å². The number of imide groups is 1. The van der Waals surface area contributed by atoms with E-state index in [1.807, 2.05) is 13.0 Å². The third kappa shape index (κ3) is 4.29. The molecule has 3 amide bonds. The monoisotopic (exact) mass is 444 g/mol. The molecule has 1 aliphatic rings. The Morgan fingerprint density at radius 1 is 1.09 bits per heavy atom. The number of nitriles is 1. The van der Waals surface area contributed by atoms with Crippen LogP contribution >= 0.6 is 11.3 Å². The number of hydrogen-bond donors (Lipinski definition) is 1. The quantitative estimate of drug-likeness (QED) is 0.435. The van der Waals surface area contributed by atoms with Gasteiger partial charge in [0.1, 0.15) is 0 Å². The summed E-state index contributed by atoms with van der Waals surface area (Å²) in [5.41, 5.74) is 2.61. The van der Waals surface area contributed by atoms with Crippen LogP contribution in [-0.2, 0) is 6.42 Å². The smallest absolute Gasteiger partial charge is 0.261 e. The fraction of sp³-hybridized carbons (Fsp3) is 0.208. The van der Waals surface area contributed by atoms with Crippen molar-refractivity contribution in [1.82, 2.24) is 9.88 Å². The highest BCUT2D eigenvalue weighted by atomic mass is 32.1. The average molecular weight is 445 g/mol. The van der Waals surface area contributed by atoms with Crippen LogP contribution in [-0.4, -0.2) is 34.2 Å². The van der Waals surface area contributed by atoms with Gasteiger partial charge in [0.2, 0.25) is 0 Å². The molecule has 1 aromatic heterocycles. The van der Waals surface area contributed by atoms with Crippen LogP contribution in [0.3, 0.4) is 0 Å². The van der Waals surface area contributed by atoms with Crippen LogP contribution < -0.4 is 5.32 Å². The van der Waals surface area contributed by atoms with Crippen LogP contribution in [0.25, 0.3) is 0 Å². The van der Waals surface area contributed by atoms with Gasteiger partial charge in [0.05, 0.1) is 28.5 Å². The molecule has 0 atom stereocenters. The summed E-state index contributed by atoms with van der Waals surface area (Å²) in [4.78, 5) is 44.1.